The smallest absolute Gasteiger partial charge is 0.325 e. The molecule has 3 amide bonds. The summed E-state index contributed by atoms with van der Waals surface area (Å²) in [6, 6.07) is 11.1. The van der Waals surface area contributed by atoms with Crippen LogP contribution in [0.2, 0.25) is 0 Å². The second-order valence-corrected chi connectivity index (χ2v) is 8.53. The average molecular weight is 411 g/mol. The molecule has 1 aliphatic heterocycles. The third-order valence-electron chi connectivity index (χ3n) is 5.41. The molecule has 2 aromatic rings. The molecule has 1 heterocycles. The molecule has 0 radical (unpaired) electrons. The van der Waals surface area contributed by atoms with Crippen molar-refractivity contribution in [2.45, 2.75) is 45.2 Å². The van der Waals surface area contributed by atoms with Crippen LogP contribution >= 0.6 is 0 Å². The largest absolute Gasteiger partial charge is 0.496 e. The van der Waals surface area contributed by atoms with Crippen molar-refractivity contribution < 1.29 is 19.2 Å². The molecule has 1 unspecified atom stereocenters. The molecule has 8 nitrogen and oxygen atoms in total. The number of nitro groups is 1. The highest BCUT2D eigenvalue weighted by atomic mass is 16.6. The molecular weight excluding hydrogens is 386 g/mol. The fourth-order valence-electron chi connectivity index (χ4n) is 3.51. The van der Waals surface area contributed by atoms with Crippen LogP contribution in [0.3, 0.4) is 0 Å². The Morgan fingerprint density at radius 3 is 2.30 bits per heavy atom. The second-order valence-electron chi connectivity index (χ2n) is 8.53. The van der Waals surface area contributed by atoms with Crippen molar-refractivity contribution in [1.29, 1.82) is 0 Å². The van der Waals surface area contributed by atoms with Crippen molar-refractivity contribution >= 4 is 17.6 Å². The van der Waals surface area contributed by atoms with Gasteiger partial charge in [-0.15, -0.1) is 0 Å². The van der Waals surface area contributed by atoms with Gasteiger partial charge in [-0.25, -0.2) is 4.79 Å². The fourth-order valence-corrected chi connectivity index (χ4v) is 3.51. The Labute approximate surface area is 175 Å². The number of nitro benzene ring substituents is 1. The Kier molecular flexibility index (Phi) is 5.28. The molecule has 1 fully saturated rings. The maximum atomic E-state index is 13.2. The molecule has 1 aliphatic rings. The monoisotopic (exact) mass is 411 g/mol. The predicted octanol–water partition coefficient (Wildman–Crippen LogP) is 3.87. The highest BCUT2D eigenvalue weighted by molar-refractivity contribution is 6.07. The minimum Gasteiger partial charge on any atom is -0.496 e. The number of hydrogen-bond donors (Lipinski definition) is 1. The van der Waals surface area contributed by atoms with E-state index in [4.69, 9.17) is 4.74 Å². The van der Waals surface area contributed by atoms with Gasteiger partial charge in [-0.05, 0) is 29.5 Å². The number of urea groups is 1. The van der Waals surface area contributed by atoms with Crippen LogP contribution in [0.15, 0.2) is 42.5 Å². The van der Waals surface area contributed by atoms with Crippen molar-refractivity contribution in [1.82, 2.24) is 10.2 Å². The van der Waals surface area contributed by atoms with Crippen molar-refractivity contribution in [3.8, 4) is 5.75 Å². The van der Waals surface area contributed by atoms with E-state index < -0.39 is 22.4 Å². The number of nitrogens with zero attached hydrogens (tertiary/aromatic N) is 2. The molecule has 0 bridgehead atoms. The normalized spacial score (nSPS) is 19.0. The SMILES string of the molecule is COc1ccc([N+](=O)[O-])cc1CN1C(=O)NC(C)(c2ccc(C(C)(C)C)cc2)C1=O. The van der Waals surface area contributed by atoms with Crippen LogP contribution in [-0.2, 0) is 22.3 Å². The van der Waals surface area contributed by atoms with E-state index in [0.717, 1.165) is 10.5 Å². The van der Waals surface area contributed by atoms with Crippen LogP contribution in [0.4, 0.5) is 10.5 Å². The van der Waals surface area contributed by atoms with Gasteiger partial charge in [0.1, 0.15) is 11.3 Å². The number of carbonyl (C=O) groups is 2. The number of nitrogens with one attached hydrogen (secondary N) is 1. The summed E-state index contributed by atoms with van der Waals surface area (Å²) in [4.78, 5) is 37.5. The van der Waals surface area contributed by atoms with E-state index in [1.165, 1.54) is 25.3 Å². The van der Waals surface area contributed by atoms with Crippen LogP contribution < -0.4 is 10.1 Å². The number of carbonyl (C=O) groups excluding carboxylic acids is 2. The van der Waals surface area contributed by atoms with Crippen molar-refractivity contribution in [3.05, 3.63) is 69.3 Å². The van der Waals surface area contributed by atoms with E-state index in [-0.39, 0.29) is 17.6 Å². The Morgan fingerprint density at radius 2 is 1.77 bits per heavy atom. The zero-order valence-corrected chi connectivity index (χ0v) is 17.7. The number of rotatable bonds is 5. The molecule has 0 spiro atoms. The van der Waals surface area contributed by atoms with Gasteiger partial charge in [-0.3, -0.25) is 19.8 Å². The molecule has 0 saturated carbocycles. The van der Waals surface area contributed by atoms with Gasteiger partial charge < -0.3 is 10.1 Å². The summed E-state index contributed by atoms with van der Waals surface area (Å²) >= 11 is 0. The van der Waals surface area contributed by atoms with E-state index >= 15 is 0 Å². The number of benzene rings is 2. The van der Waals surface area contributed by atoms with E-state index in [2.05, 4.69) is 26.1 Å². The molecule has 3 rings (SSSR count). The summed E-state index contributed by atoms with van der Waals surface area (Å²) in [6.45, 7) is 7.82. The summed E-state index contributed by atoms with van der Waals surface area (Å²) in [6.07, 6.45) is 0. The van der Waals surface area contributed by atoms with Crippen LogP contribution in [0.25, 0.3) is 0 Å². The van der Waals surface area contributed by atoms with E-state index in [9.17, 15) is 19.7 Å². The second kappa shape index (κ2) is 7.44. The highest BCUT2D eigenvalue weighted by Gasteiger charge is 2.49. The molecule has 30 heavy (non-hydrogen) atoms. The molecule has 2 aromatic carbocycles. The van der Waals surface area contributed by atoms with Gasteiger partial charge >= 0.3 is 6.03 Å². The van der Waals surface area contributed by atoms with Gasteiger partial charge in [-0.2, -0.15) is 0 Å². The van der Waals surface area contributed by atoms with E-state index in [1.807, 2.05) is 24.3 Å². The molecule has 1 saturated heterocycles. The lowest BCUT2D eigenvalue weighted by Crippen LogP contribution is -2.40. The Morgan fingerprint density at radius 1 is 1.13 bits per heavy atom. The number of ether oxygens (including phenoxy) is 1. The summed E-state index contributed by atoms with van der Waals surface area (Å²) in [5.41, 5.74) is 0.766. The Hall–Kier alpha value is -3.42. The lowest BCUT2D eigenvalue weighted by atomic mass is 9.84. The summed E-state index contributed by atoms with van der Waals surface area (Å²) in [7, 11) is 1.43. The Bertz CT molecular complexity index is 1010. The minimum atomic E-state index is -1.22. The summed E-state index contributed by atoms with van der Waals surface area (Å²) < 4.78 is 5.25. The highest BCUT2D eigenvalue weighted by Crippen LogP contribution is 2.33. The molecule has 0 aliphatic carbocycles. The van der Waals surface area contributed by atoms with Gasteiger partial charge in [0.05, 0.1) is 18.6 Å². The number of methoxy groups -OCH3 is 1. The molecule has 1 N–H and O–H groups in total. The number of amides is 3. The molecule has 158 valence electrons. The van der Waals surface area contributed by atoms with Gasteiger partial charge in [0.2, 0.25) is 0 Å². The molecule has 1 atom stereocenters. The quantitative estimate of drug-likeness (QED) is 0.457. The third kappa shape index (κ3) is 3.72. The predicted molar refractivity (Wildman–Crippen MR) is 111 cm³/mol. The molecule has 8 heteroatoms. The molecule has 0 aromatic heterocycles. The first-order valence-electron chi connectivity index (χ1n) is 9.54. The van der Waals surface area contributed by atoms with Gasteiger partial charge in [0.25, 0.3) is 11.6 Å². The van der Waals surface area contributed by atoms with Gasteiger partial charge in [-0.1, -0.05) is 45.0 Å². The fraction of sp³-hybridized carbons (Fsp3) is 0.364. The topological polar surface area (TPSA) is 102 Å². The Balaban J connectivity index is 1.91. The van der Waals surface area contributed by atoms with Crippen molar-refractivity contribution in [2.24, 2.45) is 0 Å². The van der Waals surface area contributed by atoms with Gasteiger partial charge in [0, 0.05) is 17.7 Å². The summed E-state index contributed by atoms with van der Waals surface area (Å²) in [5.74, 6) is -0.0612. The first kappa shape index (κ1) is 21.3. The number of hydrogen-bond acceptors (Lipinski definition) is 5. The first-order chi connectivity index (χ1) is 14.0. The van der Waals surface area contributed by atoms with E-state index in [0.29, 0.717) is 16.9 Å². The van der Waals surface area contributed by atoms with Crippen LogP contribution in [0.1, 0.15) is 44.4 Å². The molecular formula is C22H25N3O5. The van der Waals surface area contributed by atoms with Gasteiger partial charge in [0.15, 0.2) is 0 Å². The number of imide groups is 1. The lowest BCUT2D eigenvalue weighted by Gasteiger charge is -2.25. The van der Waals surface area contributed by atoms with Crippen molar-refractivity contribution in [3.63, 3.8) is 0 Å². The van der Waals surface area contributed by atoms with Crippen molar-refractivity contribution in [2.75, 3.05) is 7.11 Å². The van der Waals surface area contributed by atoms with Crippen LogP contribution in [0.5, 0.6) is 5.75 Å². The minimum absolute atomic E-state index is 0.0347. The zero-order chi connectivity index (χ0) is 22.3. The number of non-ortho nitro benzene ring substituents is 1. The van der Waals surface area contributed by atoms with E-state index in [1.54, 1.807) is 6.92 Å². The van der Waals surface area contributed by atoms with Crippen LogP contribution in [0, 0.1) is 10.1 Å². The third-order valence-corrected chi connectivity index (χ3v) is 5.41. The first-order valence-corrected chi connectivity index (χ1v) is 9.54. The zero-order valence-electron chi connectivity index (χ0n) is 17.7. The standard InChI is InChI=1S/C22H25N3O5/c1-21(2,3)15-6-8-16(9-7-15)22(4)19(26)24(20(27)23-22)13-14-12-17(25(28)29)10-11-18(14)30-5/h6-12H,13H2,1-5H3,(H,23,27). The lowest BCUT2D eigenvalue weighted by molar-refractivity contribution is -0.384. The maximum absolute atomic E-state index is 13.2. The maximum Gasteiger partial charge on any atom is 0.325 e. The summed E-state index contributed by atoms with van der Waals surface area (Å²) in [5, 5.41) is 13.9. The van der Waals surface area contributed by atoms with Crippen LogP contribution in [-0.4, -0.2) is 28.9 Å². The average Bonchev–Trinajstić information content (AvgIpc) is 2.91.